The van der Waals surface area contributed by atoms with Crippen molar-refractivity contribution in [3.8, 4) is 6.07 Å². The van der Waals surface area contributed by atoms with Crippen LogP contribution in [0.4, 0.5) is 11.4 Å². The van der Waals surface area contributed by atoms with E-state index in [1.165, 1.54) is 6.07 Å². The summed E-state index contributed by atoms with van der Waals surface area (Å²) in [5, 5.41) is 23.3. The SMILES string of the molecule is N#Cc1ccc(NC2CCN3CCC2C3)c([N+](=O)[O-])c1. The fourth-order valence-corrected chi connectivity index (χ4v) is 3.22. The van der Waals surface area contributed by atoms with Gasteiger partial charge in [0.1, 0.15) is 5.69 Å². The molecule has 0 radical (unpaired) electrons. The van der Waals surface area contributed by atoms with Crippen molar-refractivity contribution in [2.75, 3.05) is 25.0 Å². The van der Waals surface area contributed by atoms with Crippen LogP contribution in [0, 0.1) is 27.4 Å². The average Bonchev–Trinajstić information content (AvgIpc) is 2.85. The summed E-state index contributed by atoms with van der Waals surface area (Å²) >= 11 is 0. The summed E-state index contributed by atoms with van der Waals surface area (Å²) in [6, 6.07) is 6.85. The number of hydrogen-bond acceptors (Lipinski definition) is 5. The Morgan fingerprint density at radius 3 is 2.95 bits per heavy atom. The van der Waals surface area contributed by atoms with Gasteiger partial charge in [0.2, 0.25) is 0 Å². The van der Waals surface area contributed by atoms with Crippen molar-refractivity contribution in [2.24, 2.45) is 5.92 Å². The number of hydrogen-bond donors (Lipinski definition) is 1. The standard InChI is InChI=1S/C14H16N4O2/c15-8-10-1-2-13(14(7-10)18(19)20)16-12-4-6-17-5-3-11(12)9-17/h1-2,7,11-12,16H,3-6,9H2. The van der Waals surface area contributed by atoms with Crippen LogP contribution in [-0.4, -0.2) is 35.5 Å². The summed E-state index contributed by atoms with van der Waals surface area (Å²) in [5.41, 5.74) is 0.835. The molecule has 20 heavy (non-hydrogen) atoms. The maximum Gasteiger partial charge on any atom is 0.293 e. The lowest BCUT2D eigenvalue weighted by molar-refractivity contribution is -0.384. The van der Waals surface area contributed by atoms with E-state index in [9.17, 15) is 10.1 Å². The highest BCUT2D eigenvalue weighted by Gasteiger charge is 2.34. The number of nitro benzene ring substituents is 1. The summed E-state index contributed by atoms with van der Waals surface area (Å²) in [6.07, 6.45) is 2.17. The van der Waals surface area contributed by atoms with Crippen molar-refractivity contribution in [3.63, 3.8) is 0 Å². The van der Waals surface area contributed by atoms with Gasteiger partial charge in [0.25, 0.3) is 5.69 Å². The highest BCUT2D eigenvalue weighted by Crippen LogP contribution is 2.32. The van der Waals surface area contributed by atoms with E-state index in [1.54, 1.807) is 12.1 Å². The Bertz CT molecular complexity index is 581. The molecule has 0 aliphatic carbocycles. The van der Waals surface area contributed by atoms with Crippen LogP contribution in [0.2, 0.25) is 0 Å². The second-order valence-electron chi connectivity index (χ2n) is 5.49. The van der Waals surface area contributed by atoms with E-state index < -0.39 is 4.92 Å². The number of nitrogens with zero attached hydrogens (tertiary/aromatic N) is 3. The van der Waals surface area contributed by atoms with E-state index in [0.29, 0.717) is 23.2 Å². The van der Waals surface area contributed by atoms with Gasteiger partial charge in [0, 0.05) is 25.2 Å². The first-order chi connectivity index (χ1) is 9.67. The lowest BCUT2D eigenvalue weighted by atomic mass is 9.94. The van der Waals surface area contributed by atoms with Gasteiger partial charge >= 0.3 is 0 Å². The quantitative estimate of drug-likeness (QED) is 0.672. The maximum absolute atomic E-state index is 11.1. The Labute approximate surface area is 117 Å². The van der Waals surface area contributed by atoms with Gasteiger partial charge in [0.15, 0.2) is 0 Å². The summed E-state index contributed by atoms with van der Waals surface area (Å²) in [6.45, 7) is 3.28. The van der Waals surface area contributed by atoms with Crippen LogP contribution in [0.25, 0.3) is 0 Å². The number of nitrogens with one attached hydrogen (secondary N) is 1. The van der Waals surface area contributed by atoms with Gasteiger partial charge < -0.3 is 10.2 Å². The molecule has 1 aromatic rings. The molecule has 3 rings (SSSR count). The minimum Gasteiger partial charge on any atom is -0.376 e. The zero-order valence-electron chi connectivity index (χ0n) is 11.1. The van der Waals surface area contributed by atoms with Gasteiger partial charge in [-0.25, -0.2) is 0 Å². The number of nitro groups is 1. The first-order valence-corrected chi connectivity index (χ1v) is 6.85. The van der Waals surface area contributed by atoms with Crippen molar-refractivity contribution in [1.29, 1.82) is 5.26 Å². The number of benzene rings is 1. The average molecular weight is 272 g/mol. The van der Waals surface area contributed by atoms with E-state index in [2.05, 4.69) is 10.2 Å². The van der Waals surface area contributed by atoms with Gasteiger partial charge in [-0.3, -0.25) is 10.1 Å². The molecule has 2 aliphatic heterocycles. The number of piperidine rings is 1. The van der Waals surface area contributed by atoms with Crippen molar-refractivity contribution < 1.29 is 4.92 Å². The maximum atomic E-state index is 11.1. The van der Waals surface area contributed by atoms with Gasteiger partial charge in [-0.05, 0) is 37.4 Å². The van der Waals surface area contributed by atoms with Crippen LogP contribution in [0.3, 0.4) is 0 Å². The number of rotatable bonds is 3. The van der Waals surface area contributed by atoms with E-state index in [4.69, 9.17) is 5.26 Å². The number of anilines is 1. The van der Waals surface area contributed by atoms with Crippen molar-refractivity contribution >= 4 is 11.4 Å². The third-order valence-electron chi connectivity index (χ3n) is 4.30. The largest absolute Gasteiger partial charge is 0.376 e. The second kappa shape index (κ2) is 5.10. The smallest absolute Gasteiger partial charge is 0.293 e. The van der Waals surface area contributed by atoms with Crippen LogP contribution in [0.5, 0.6) is 0 Å². The Hall–Kier alpha value is -2.13. The Morgan fingerprint density at radius 2 is 2.20 bits per heavy atom. The van der Waals surface area contributed by atoms with Crippen LogP contribution < -0.4 is 5.32 Å². The Morgan fingerprint density at radius 1 is 1.40 bits per heavy atom. The van der Waals surface area contributed by atoms with E-state index >= 15 is 0 Å². The highest BCUT2D eigenvalue weighted by atomic mass is 16.6. The van der Waals surface area contributed by atoms with Gasteiger partial charge in [-0.15, -0.1) is 0 Å². The molecule has 2 saturated heterocycles. The van der Waals surface area contributed by atoms with E-state index in [1.807, 2.05) is 6.07 Å². The van der Waals surface area contributed by atoms with Crippen LogP contribution in [0.1, 0.15) is 18.4 Å². The molecule has 0 amide bonds. The molecule has 1 N–H and O–H groups in total. The molecule has 0 aromatic heterocycles. The second-order valence-corrected chi connectivity index (χ2v) is 5.49. The predicted molar refractivity (Wildman–Crippen MR) is 74.4 cm³/mol. The zero-order chi connectivity index (χ0) is 14.1. The molecule has 0 spiro atoms. The number of fused-ring (bicyclic) bond motifs is 2. The topological polar surface area (TPSA) is 82.2 Å². The van der Waals surface area contributed by atoms with E-state index in [0.717, 1.165) is 32.5 Å². The summed E-state index contributed by atoms with van der Waals surface area (Å²) < 4.78 is 0. The Kier molecular flexibility index (Phi) is 3.28. The molecule has 2 fully saturated rings. The molecule has 6 heteroatoms. The summed E-state index contributed by atoms with van der Waals surface area (Å²) in [4.78, 5) is 13.2. The molecule has 0 saturated carbocycles. The summed E-state index contributed by atoms with van der Waals surface area (Å²) in [7, 11) is 0. The minimum absolute atomic E-state index is 0.00974. The molecule has 1 aromatic carbocycles. The normalized spacial score (nSPS) is 27.9. The first-order valence-electron chi connectivity index (χ1n) is 6.85. The third-order valence-corrected chi connectivity index (χ3v) is 4.30. The molecular weight excluding hydrogens is 256 g/mol. The summed E-state index contributed by atoms with van der Waals surface area (Å²) in [5.74, 6) is 0.569. The molecule has 2 bridgehead atoms. The molecule has 2 aliphatic rings. The van der Waals surface area contributed by atoms with Crippen LogP contribution in [-0.2, 0) is 0 Å². The highest BCUT2D eigenvalue weighted by molar-refractivity contribution is 5.64. The van der Waals surface area contributed by atoms with Gasteiger partial charge in [0.05, 0.1) is 16.6 Å². The van der Waals surface area contributed by atoms with Gasteiger partial charge in [-0.2, -0.15) is 5.26 Å². The van der Waals surface area contributed by atoms with Crippen LogP contribution in [0.15, 0.2) is 18.2 Å². The lowest BCUT2D eigenvalue weighted by Crippen LogP contribution is -2.39. The minimum atomic E-state index is -0.424. The first kappa shape index (κ1) is 12.9. The molecular formula is C14H16N4O2. The van der Waals surface area contributed by atoms with Crippen molar-refractivity contribution in [1.82, 2.24) is 4.90 Å². The molecule has 6 nitrogen and oxygen atoms in total. The van der Waals surface area contributed by atoms with Crippen molar-refractivity contribution in [2.45, 2.75) is 18.9 Å². The lowest BCUT2D eigenvalue weighted by Gasteiger charge is -2.31. The Balaban J connectivity index is 1.83. The molecule has 3 atom stereocenters. The van der Waals surface area contributed by atoms with Gasteiger partial charge in [-0.1, -0.05) is 0 Å². The number of nitriles is 1. The zero-order valence-corrected chi connectivity index (χ0v) is 11.1. The molecule has 3 unspecified atom stereocenters. The third kappa shape index (κ3) is 2.32. The molecule has 104 valence electrons. The van der Waals surface area contributed by atoms with Crippen molar-refractivity contribution in [3.05, 3.63) is 33.9 Å². The predicted octanol–water partition coefficient (Wildman–Crippen LogP) is 1.97. The molecule has 2 heterocycles. The fourth-order valence-electron chi connectivity index (χ4n) is 3.22. The fraction of sp³-hybridized carbons (Fsp3) is 0.500. The van der Waals surface area contributed by atoms with Crippen LogP contribution >= 0.6 is 0 Å². The van der Waals surface area contributed by atoms with E-state index in [-0.39, 0.29) is 5.69 Å². The monoisotopic (exact) mass is 272 g/mol.